The summed E-state index contributed by atoms with van der Waals surface area (Å²) >= 11 is 0. The Hall–Kier alpha value is -1.53. The van der Waals surface area contributed by atoms with Crippen molar-refractivity contribution in [3.8, 4) is 0 Å². The number of carboxylic acids is 1. The largest absolute Gasteiger partial charge is 0.481 e. The third-order valence-electron chi connectivity index (χ3n) is 5.41. The molecule has 1 rings (SSSR count). The number of rotatable bonds is 17. The molecule has 0 aliphatic carbocycles. The van der Waals surface area contributed by atoms with E-state index in [9.17, 15) is 19.6 Å². The number of quaternary nitrogens is 1. The Morgan fingerprint density at radius 1 is 0.750 bits per heavy atom. The van der Waals surface area contributed by atoms with Gasteiger partial charge in [0.2, 0.25) is 0 Å². The van der Waals surface area contributed by atoms with Crippen LogP contribution in [0.25, 0.3) is 0 Å². The Kier molecular flexibility index (Phi) is 12.7. The molecule has 28 heavy (non-hydrogen) atoms. The number of aliphatic carboxylic acids is 1. The van der Waals surface area contributed by atoms with Gasteiger partial charge in [0.05, 0.1) is 12.8 Å². The molecule has 0 atom stereocenters. The van der Waals surface area contributed by atoms with E-state index in [0.717, 1.165) is 51.4 Å². The molecule has 2 amide bonds. The summed E-state index contributed by atoms with van der Waals surface area (Å²) in [7, 11) is 0. The number of carbonyl (C=O) groups is 3. The first-order valence-corrected chi connectivity index (χ1v) is 11.0. The van der Waals surface area contributed by atoms with Gasteiger partial charge in [0.15, 0.2) is 0 Å². The third kappa shape index (κ3) is 10.1. The van der Waals surface area contributed by atoms with E-state index in [-0.39, 0.29) is 31.2 Å². The van der Waals surface area contributed by atoms with Gasteiger partial charge in [-0.1, -0.05) is 55.3 Å². The van der Waals surface area contributed by atoms with E-state index in [1.54, 1.807) is 0 Å². The molecule has 1 fully saturated rings. The fraction of sp³-hybridized carbons (Fsp3) is 0.773. The Labute approximate surface area is 169 Å². The second-order valence-electron chi connectivity index (χ2n) is 7.86. The number of hydrogen-bond acceptors (Lipinski definition) is 4. The molecule has 0 saturated carbocycles. The van der Waals surface area contributed by atoms with Gasteiger partial charge in [0, 0.05) is 12.8 Å². The van der Waals surface area contributed by atoms with Crippen molar-refractivity contribution in [3.63, 3.8) is 0 Å². The Morgan fingerprint density at radius 2 is 1.18 bits per heavy atom. The molecule has 0 spiro atoms. The summed E-state index contributed by atoms with van der Waals surface area (Å²) in [6, 6.07) is 0. The van der Waals surface area contributed by atoms with Crippen molar-refractivity contribution in [1.82, 2.24) is 0 Å². The zero-order chi connectivity index (χ0) is 20.7. The lowest BCUT2D eigenvalue weighted by Gasteiger charge is -2.18. The summed E-state index contributed by atoms with van der Waals surface area (Å²) in [6.45, 7) is 0.236. The standard InChI is InChI=1S/C22H37NO5/c24-20-17-18-21(25)23(20,28)19-15-13-11-9-7-5-3-1-2-4-6-8-10-12-14-16-22(26)27/h1-2,28H,3-19H2/p+1. The van der Waals surface area contributed by atoms with Crippen molar-refractivity contribution in [1.29, 1.82) is 0 Å². The fourth-order valence-electron chi connectivity index (χ4n) is 3.59. The van der Waals surface area contributed by atoms with Gasteiger partial charge in [-0.3, -0.25) is 4.79 Å². The van der Waals surface area contributed by atoms with Gasteiger partial charge >= 0.3 is 17.8 Å². The van der Waals surface area contributed by atoms with E-state index in [4.69, 9.17) is 5.11 Å². The molecule has 1 saturated heterocycles. The van der Waals surface area contributed by atoms with Crippen molar-refractivity contribution in [2.45, 2.75) is 103 Å². The lowest BCUT2D eigenvalue weighted by molar-refractivity contribution is -0.971. The number of allylic oxidation sites excluding steroid dienone is 2. The molecule has 160 valence electrons. The molecule has 6 heteroatoms. The maximum absolute atomic E-state index is 11.6. The van der Waals surface area contributed by atoms with Crippen LogP contribution < -0.4 is 0 Å². The first-order chi connectivity index (χ1) is 13.5. The van der Waals surface area contributed by atoms with Gasteiger partial charge in [-0.15, -0.1) is 0 Å². The van der Waals surface area contributed by atoms with E-state index in [1.165, 1.54) is 25.7 Å². The smallest absolute Gasteiger partial charge is 0.353 e. The second kappa shape index (κ2) is 14.5. The van der Waals surface area contributed by atoms with Crippen LogP contribution in [-0.2, 0) is 14.4 Å². The Bertz CT molecular complexity index is 499. The van der Waals surface area contributed by atoms with E-state index in [1.807, 2.05) is 0 Å². The maximum atomic E-state index is 11.6. The molecule has 0 aromatic heterocycles. The van der Waals surface area contributed by atoms with Gasteiger partial charge in [0.25, 0.3) is 0 Å². The minimum absolute atomic E-state index is 0.176. The van der Waals surface area contributed by atoms with E-state index < -0.39 is 10.6 Å². The first-order valence-electron chi connectivity index (χ1n) is 11.0. The molecule has 1 aliphatic heterocycles. The summed E-state index contributed by atoms with van der Waals surface area (Å²) in [6.07, 6.45) is 18.9. The summed E-state index contributed by atoms with van der Waals surface area (Å²) in [5, 5.41) is 18.6. The van der Waals surface area contributed by atoms with Crippen LogP contribution in [0.2, 0.25) is 0 Å². The van der Waals surface area contributed by atoms with Gasteiger partial charge in [-0.05, 0) is 38.5 Å². The van der Waals surface area contributed by atoms with Gasteiger partial charge < -0.3 is 5.11 Å². The van der Waals surface area contributed by atoms with E-state index >= 15 is 0 Å². The second-order valence-corrected chi connectivity index (χ2v) is 7.86. The van der Waals surface area contributed by atoms with Crippen LogP contribution in [0.3, 0.4) is 0 Å². The minimum atomic E-state index is -0.965. The van der Waals surface area contributed by atoms with E-state index in [0.29, 0.717) is 12.8 Å². The monoisotopic (exact) mass is 396 g/mol. The third-order valence-corrected chi connectivity index (χ3v) is 5.41. The lowest BCUT2D eigenvalue weighted by Crippen LogP contribution is -2.49. The van der Waals surface area contributed by atoms with Crippen LogP contribution >= 0.6 is 0 Å². The summed E-state index contributed by atoms with van der Waals surface area (Å²) in [4.78, 5) is 33.6. The highest BCUT2D eigenvalue weighted by molar-refractivity contribution is 5.90. The average molecular weight is 397 g/mol. The van der Waals surface area contributed by atoms with Gasteiger partial charge in [-0.25, -0.2) is 14.8 Å². The quantitative estimate of drug-likeness (QED) is 0.117. The number of likely N-dealkylation sites (tertiary alicyclic amines) is 1. The average Bonchev–Trinajstić information content (AvgIpc) is 2.91. The van der Waals surface area contributed by atoms with Crippen LogP contribution in [0.1, 0.15) is 103 Å². The maximum Gasteiger partial charge on any atom is 0.353 e. The number of hydroxylamine groups is 3. The van der Waals surface area contributed by atoms with E-state index in [2.05, 4.69) is 12.2 Å². The van der Waals surface area contributed by atoms with Crippen LogP contribution in [0.4, 0.5) is 0 Å². The number of carboxylic acid groups (broad SMARTS) is 1. The summed E-state index contributed by atoms with van der Waals surface area (Å²) < 4.78 is -0.965. The normalized spacial score (nSPS) is 16.3. The highest BCUT2D eigenvalue weighted by atomic mass is 16.6. The van der Waals surface area contributed by atoms with Crippen molar-refractivity contribution >= 4 is 17.8 Å². The number of nitrogens with zero attached hydrogens (tertiary/aromatic N) is 1. The van der Waals surface area contributed by atoms with Crippen molar-refractivity contribution < 1.29 is 29.3 Å². The molecule has 1 heterocycles. The Balaban J connectivity index is 1.84. The zero-order valence-corrected chi connectivity index (χ0v) is 17.2. The lowest BCUT2D eigenvalue weighted by atomic mass is 10.1. The molecule has 0 unspecified atom stereocenters. The van der Waals surface area contributed by atoms with Gasteiger partial charge in [0.1, 0.15) is 6.54 Å². The fourth-order valence-corrected chi connectivity index (χ4v) is 3.59. The molecule has 0 bridgehead atoms. The Morgan fingerprint density at radius 3 is 1.68 bits per heavy atom. The summed E-state index contributed by atoms with van der Waals surface area (Å²) in [5.41, 5.74) is 0. The minimum Gasteiger partial charge on any atom is -0.481 e. The summed E-state index contributed by atoms with van der Waals surface area (Å²) in [5.74, 6) is -1.40. The van der Waals surface area contributed by atoms with Crippen molar-refractivity contribution in [2.24, 2.45) is 0 Å². The predicted molar refractivity (Wildman–Crippen MR) is 108 cm³/mol. The molecular formula is C22H38NO5+. The van der Waals surface area contributed by atoms with Crippen molar-refractivity contribution in [2.75, 3.05) is 6.54 Å². The zero-order valence-electron chi connectivity index (χ0n) is 17.2. The number of hydrogen-bond donors (Lipinski definition) is 2. The van der Waals surface area contributed by atoms with Crippen LogP contribution in [0.15, 0.2) is 12.2 Å². The topological polar surface area (TPSA) is 91.7 Å². The molecule has 0 aromatic carbocycles. The highest BCUT2D eigenvalue weighted by Gasteiger charge is 2.49. The number of unbranched alkanes of at least 4 members (excludes halogenated alkanes) is 11. The molecule has 0 radical (unpaired) electrons. The van der Waals surface area contributed by atoms with Crippen LogP contribution in [0, 0.1) is 0 Å². The number of carbonyl (C=O) groups excluding carboxylic acids is 2. The molecule has 0 aromatic rings. The molecular weight excluding hydrogens is 358 g/mol. The van der Waals surface area contributed by atoms with Gasteiger partial charge in [-0.2, -0.15) is 0 Å². The first kappa shape index (κ1) is 24.5. The van der Waals surface area contributed by atoms with Crippen molar-refractivity contribution in [3.05, 3.63) is 12.2 Å². The number of imide groups is 1. The molecule has 6 nitrogen and oxygen atoms in total. The molecule has 2 N–H and O–H groups in total. The van der Waals surface area contributed by atoms with Crippen LogP contribution in [-0.4, -0.2) is 39.3 Å². The predicted octanol–water partition coefficient (Wildman–Crippen LogP) is 5.14. The highest BCUT2D eigenvalue weighted by Crippen LogP contribution is 2.21. The van der Waals surface area contributed by atoms with Crippen LogP contribution in [0.5, 0.6) is 0 Å². The molecule has 1 aliphatic rings. The number of amides is 2. The SMILES string of the molecule is O=C(O)CCCCCCCC=CCCCCCCCC[N+]1(O)C(=O)CCC1=O.